The number of amides is 1. The van der Waals surface area contributed by atoms with E-state index in [-0.39, 0.29) is 28.2 Å². The molecule has 0 aliphatic carbocycles. The first-order valence-electron chi connectivity index (χ1n) is 7.79. The second-order valence-corrected chi connectivity index (χ2v) is 9.41. The molecule has 29 heavy (non-hydrogen) atoms. The van der Waals surface area contributed by atoms with Crippen molar-refractivity contribution in [1.29, 1.82) is 0 Å². The van der Waals surface area contributed by atoms with Crippen LogP contribution < -0.4 is 10.0 Å². The zero-order chi connectivity index (χ0) is 22.2. The van der Waals surface area contributed by atoms with Gasteiger partial charge in [-0.1, -0.05) is 11.6 Å². The van der Waals surface area contributed by atoms with E-state index in [9.17, 15) is 30.8 Å². The molecule has 1 heterocycles. The van der Waals surface area contributed by atoms with Crippen molar-refractivity contribution in [3.63, 3.8) is 0 Å². The van der Waals surface area contributed by atoms with Crippen LogP contribution in [0.25, 0.3) is 0 Å². The van der Waals surface area contributed by atoms with Crippen LogP contribution in [-0.2, 0) is 17.1 Å². The molecule has 0 aliphatic rings. The molecule has 1 atom stereocenters. The fourth-order valence-corrected chi connectivity index (χ4v) is 4.59. The molecule has 6 nitrogen and oxygen atoms in total. The minimum absolute atomic E-state index is 0.149. The summed E-state index contributed by atoms with van der Waals surface area (Å²) < 4.78 is 80.5. The summed E-state index contributed by atoms with van der Waals surface area (Å²) in [4.78, 5) is 9.13. The van der Waals surface area contributed by atoms with Crippen molar-refractivity contribution >= 4 is 45.0 Å². The van der Waals surface area contributed by atoms with Gasteiger partial charge in [0, 0.05) is 18.9 Å². The fraction of sp³-hybridized carbons (Fsp3) is 0.312. The Balaban J connectivity index is 2.30. The van der Waals surface area contributed by atoms with E-state index in [0.717, 1.165) is 35.2 Å². The van der Waals surface area contributed by atoms with E-state index >= 15 is 0 Å². The number of aromatic nitrogens is 1. The van der Waals surface area contributed by atoms with Crippen molar-refractivity contribution in [3.05, 3.63) is 47.0 Å². The number of hydrogen-bond donors (Lipinski definition) is 2. The molecule has 0 spiro atoms. The summed E-state index contributed by atoms with van der Waals surface area (Å²) in [7, 11) is -3.25. The van der Waals surface area contributed by atoms with Gasteiger partial charge in [0.1, 0.15) is 16.4 Å². The van der Waals surface area contributed by atoms with Gasteiger partial charge < -0.3 is 9.88 Å². The number of nitrogens with zero attached hydrogens (tertiary/aromatic N) is 1. The number of carbonyl (C=O) groups excluding carboxylic acids is 1. The predicted octanol–water partition coefficient (Wildman–Crippen LogP) is 3.99. The van der Waals surface area contributed by atoms with Gasteiger partial charge in [-0.3, -0.25) is 4.79 Å². The van der Waals surface area contributed by atoms with Crippen LogP contribution in [0.15, 0.2) is 35.4 Å². The van der Waals surface area contributed by atoms with Gasteiger partial charge in [0.2, 0.25) is 10.0 Å². The Kier molecular flexibility index (Phi) is 6.62. The SMILES string of the molecule is CSC(C)(NS(=O)(=O)c1cc(C(=O)Nc2ccc(F)c(Cl)c2)n(C)c1)C(F)(F)F. The van der Waals surface area contributed by atoms with Gasteiger partial charge in [0.05, 0.1) is 5.02 Å². The quantitative estimate of drug-likeness (QED) is 0.491. The van der Waals surface area contributed by atoms with Crippen molar-refractivity contribution in [2.45, 2.75) is 22.9 Å². The zero-order valence-corrected chi connectivity index (χ0v) is 17.7. The summed E-state index contributed by atoms with van der Waals surface area (Å²) >= 11 is 5.92. The van der Waals surface area contributed by atoms with Crippen LogP contribution in [0.4, 0.5) is 23.2 Å². The standard InChI is InChI=1S/C16H16ClF4N3O3S2/c1-15(28-3,16(19,20)21)23-29(26,27)10-7-13(24(2)8-10)14(25)22-9-4-5-12(18)11(17)6-9/h4-8,23H,1-3H3,(H,22,25). The Morgan fingerprint density at radius 2 is 1.86 bits per heavy atom. The van der Waals surface area contributed by atoms with E-state index in [1.165, 1.54) is 13.1 Å². The molecule has 0 aliphatic heterocycles. The molecule has 2 rings (SSSR count). The van der Waals surface area contributed by atoms with Gasteiger partial charge >= 0.3 is 6.18 Å². The molecule has 1 unspecified atom stereocenters. The Hall–Kier alpha value is -1.76. The molecule has 2 aromatic rings. The molecule has 0 saturated carbocycles. The van der Waals surface area contributed by atoms with E-state index in [1.54, 1.807) is 4.72 Å². The molecule has 160 valence electrons. The minimum Gasteiger partial charge on any atom is -0.345 e. The van der Waals surface area contributed by atoms with Gasteiger partial charge in [0.15, 0.2) is 4.87 Å². The smallest absolute Gasteiger partial charge is 0.345 e. The van der Waals surface area contributed by atoms with Gasteiger partial charge in [-0.25, -0.2) is 12.8 Å². The lowest BCUT2D eigenvalue weighted by Crippen LogP contribution is -2.53. The summed E-state index contributed by atoms with van der Waals surface area (Å²) in [5, 5.41) is 2.17. The number of alkyl halides is 3. The van der Waals surface area contributed by atoms with Crippen LogP contribution in [0, 0.1) is 5.82 Å². The van der Waals surface area contributed by atoms with Crippen LogP contribution in [-0.4, -0.2) is 36.2 Å². The molecule has 0 fully saturated rings. The summed E-state index contributed by atoms with van der Waals surface area (Å²) in [6.07, 6.45) is -2.73. The number of sulfonamides is 1. The number of hydrogen-bond acceptors (Lipinski definition) is 4. The van der Waals surface area contributed by atoms with Gasteiger partial charge in [0.25, 0.3) is 5.91 Å². The van der Waals surface area contributed by atoms with Crippen molar-refractivity contribution < 1.29 is 30.8 Å². The second kappa shape index (κ2) is 8.17. The number of rotatable bonds is 6. The van der Waals surface area contributed by atoms with E-state index in [0.29, 0.717) is 6.92 Å². The summed E-state index contributed by atoms with van der Waals surface area (Å²) in [5.41, 5.74) is 0.000785. The number of nitrogens with one attached hydrogen (secondary N) is 2. The summed E-state index contributed by atoms with van der Waals surface area (Å²) in [6, 6.07) is 4.36. The zero-order valence-electron chi connectivity index (χ0n) is 15.3. The molecule has 1 aromatic carbocycles. The Labute approximate surface area is 173 Å². The van der Waals surface area contributed by atoms with E-state index in [4.69, 9.17) is 11.6 Å². The maximum Gasteiger partial charge on any atom is 0.416 e. The third-order valence-corrected chi connectivity index (χ3v) is 7.07. The fourth-order valence-electron chi connectivity index (χ4n) is 2.21. The van der Waals surface area contributed by atoms with Crippen LogP contribution in [0.5, 0.6) is 0 Å². The number of benzene rings is 1. The number of thioether (sulfide) groups is 1. The van der Waals surface area contributed by atoms with Gasteiger partial charge in [-0.2, -0.15) is 17.9 Å². The normalized spacial score (nSPS) is 14.5. The lowest BCUT2D eigenvalue weighted by atomic mass is 10.3. The summed E-state index contributed by atoms with van der Waals surface area (Å²) in [5.74, 6) is -1.45. The first-order chi connectivity index (χ1) is 13.2. The van der Waals surface area contributed by atoms with Gasteiger partial charge in [-0.15, -0.1) is 11.8 Å². The van der Waals surface area contributed by atoms with Crippen molar-refractivity contribution in [2.75, 3.05) is 11.6 Å². The van der Waals surface area contributed by atoms with Gasteiger partial charge in [-0.05, 0) is 37.4 Å². The molecule has 2 N–H and O–H groups in total. The topological polar surface area (TPSA) is 80.2 Å². The average molecular weight is 474 g/mol. The highest BCUT2D eigenvalue weighted by Gasteiger charge is 2.53. The largest absolute Gasteiger partial charge is 0.416 e. The van der Waals surface area contributed by atoms with Crippen LogP contribution in [0.2, 0.25) is 5.02 Å². The summed E-state index contributed by atoms with van der Waals surface area (Å²) in [6.45, 7) is 0.698. The highest BCUT2D eigenvalue weighted by atomic mass is 35.5. The van der Waals surface area contributed by atoms with Crippen LogP contribution in [0.3, 0.4) is 0 Å². The minimum atomic E-state index is -4.85. The highest BCUT2D eigenvalue weighted by Crippen LogP contribution is 2.39. The molecule has 0 saturated heterocycles. The molecular weight excluding hydrogens is 458 g/mol. The lowest BCUT2D eigenvalue weighted by molar-refractivity contribution is -0.157. The molecule has 1 amide bonds. The average Bonchev–Trinajstić information content (AvgIpc) is 2.99. The highest BCUT2D eigenvalue weighted by molar-refractivity contribution is 8.01. The first-order valence-corrected chi connectivity index (χ1v) is 10.9. The Bertz CT molecular complexity index is 1040. The lowest BCUT2D eigenvalue weighted by Gasteiger charge is -2.30. The number of aryl methyl sites for hydroxylation is 1. The Morgan fingerprint density at radius 1 is 1.24 bits per heavy atom. The maximum atomic E-state index is 13.2. The number of anilines is 1. The Morgan fingerprint density at radius 3 is 2.38 bits per heavy atom. The third-order valence-electron chi connectivity index (χ3n) is 3.98. The monoisotopic (exact) mass is 473 g/mol. The van der Waals surface area contributed by atoms with Crippen LogP contribution >= 0.6 is 23.4 Å². The molecular formula is C16H16ClF4N3O3S2. The van der Waals surface area contributed by atoms with Crippen LogP contribution in [0.1, 0.15) is 17.4 Å². The van der Waals surface area contributed by atoms with E-state index < -0.39 is 37.7 Å². The van der Waals surface area contributed by atoms with E-state index in [1.807, 2.05) is 0 Å². The second-order valence-electron chi connectivity index (χ2n) is 6.10. The van der Waals surface area contributed by atoms with Crippen molar-refractivity contribution in [1.82, 2.24) is 9.29 Å². The maximum absolute atomic E-state index is 13.2. The molecule has 1 aromatic heterocycles. The predicted molar refractivity (Wildman–Crippen MR) is 103 cm³/mol. The first kappa shape index (κ1) is 23.5. The molecule has 0 radical (unpaired) electrons. The van der Waals surface area contributed by atoms with E-state index in [2.05, 4.69) is 5.32 Å². The third kappa shape index (κ3) is 5.05. The number of carbonyl (C=O) groups is 1. The van der Waals surface area contributed by atoms with Crippen molar-refractivity contribution in [2.24, 2.45) is 7.05 Å². The van der Waals surface area contributed by atoms with Crippen molar-refractivity contribution in [3.8, 4) is 0 Å². The number of halogens is 5. The molecule has 0 bridgehead atoms. The molecule has 13 heteroatoms.